The number of amides is 2. The van der Waals surface area contributed by atoms with E-state index < -0.39 is 11.5 Å². The molecule has 0 radical (unpaired) electrons. The molecule has 0 saturated heterocycles. The Morgan fingerprint density at radius 2 is 1.90 bits per heavy atom. The van der Waals surface area contributed by atoms with E-state index in [1.807, 2.05) is 0 Å². The van der Waals surface area contributed by atoms with E-state index >= 15 is 0 Å². The first-order chi connectivity index (χ1) is 13.9. The van der Waals surface area contributed by atoms with E-state index in [1.165, 1.54) is 0 Å². The summed E-state index contributed by atoms with van der Waals surface area (Å²) >= 11 is 0. The summed E-state index contributed by atoms with van der Waals surface area (Å²) in [7, 11) is 0. The van der Waals surface area contributed by atoms with Crippen molar-refractivity contribution in [1.82, 2.24) is 10.6 Å². The lowest BCUT2D eigenvalue weighted by molar-refractivity contribution is -0.147. The maximum Gasteiger partial charge on any atom is 0.305 e. The maximum atomic E-state index is 12.9. The minimum absolute atomic E-state index is 0.0135. The van der Waals surface area contributed by atoms with Gasteiger partial charge >= 0.3 is 5.97 Å². The normalized spacial score (nSPS) is 17.0. The van der Waals surface area contributed by atoms with Gasteiger partial charge in [0.2, 0.25) is 11.8 Å². The third kappa shape index (κ3) is 9.26. The van der Waals surface area contributed by atoms with Crippen molar-refractivity contribution in [3.63, 3.8) is 0 Å². The number of rotatable bonds is 14. The molecule has 1 rings (SSSR count). The second kappa shape index (κ2) is 13.1. The van der Waals surface area contributed by atoms with Crippen LogP contribution in [0.4, 0.5) is 0 Å². The smallest absolute Gasteiger partial charge is 0.305 e. The lowest BCUT2D eigenvalue weighted by Crippen LogP contribution is -2.52. The third-order valence-electron chi connectivity index (χ3n) is 5.18. The summed E-state index contributed by atoms with van der Waals surface area (Å²) in [5.41, 5.74) is -0.570. The molecule has 3 N–H and O–H groups in total. The summed E-state index contributed by atoms with van der Waals surface area (Å²) in [4.78, 5) is 37.0. The molecule has 0 aliphatic heterocycles. The average molecular weight is 409 g/mol. The van der Waals surface area contributed by atoms with Crippen LogP contribution in [0.25, 0.3) is 0 Å². The van der Waals surface area contributed by atoms with Crippen molar-refractivity contribution < 1.29 is 24.2 Å². The summed E-state index contributed by atoms with van der Waals surface area (Å²) < 4.78 is 5.45. The number of esters is 1. The monoisotopic (exact) mass is 408 g/mol. The summed E-state index contributed by atoms with van der Waals surface area (Å²) in [6, 6.07) is -0.364. The van der Waals surface area contributed by atoms with Crippen LogP contribution in [-0.2, 0) is 19.1 Å². The number of nitrogens with one attached hydrogen (secondary N) is 2. The molecule has 0 spiro atoms. The summed E-state index contributed by atoms with van der Waals surface area (Å²) in [6.45, 7) is 9.00. The Bertz CT molecular complexity index is 570. The Morgan fingerprint density at radius 1 is 1.21 bits per heavy atom. The fraction of sp³-hybridized carbons (Fsp3) is 0.682. The average Bonchev–Trinajstić information content (AvgIpc) is 3.14. The molecule has 1 saturated carbocycles. The molecule has 164 valence electrons. The highest BCUT2D eigenvalue weighted by atomic mass is 16.5. The van der Waals surface area contributed by atoms with E-state index in [9.17, 15) is 14.4 Å². The van der Waals surface area contributed by atoms with E-state index in [2.05, 4.69) is 23.8 Å². The van der Waals surface area contributed by atoms with Gasteiger partial charge in [0.05, 0.1) is 18.1 Å². The SMILES string of the molecule is C=CCCCC(=O)OCC1(NC(=O)[C@H](CC=C)CC(=O)N[C@H](C)CO)CCCC1. The van der Waals surface area contributed by atoms with Crippen LogP contribution in [-0.4, -0.2) is 47.7 Å². The zero-order chi connectivity index (χ0) is 21.7. The Kier molecular flexibility index (Phi) is 11.3. The molecule has 0 aromatic carbocycles. The molecule has 1 fully saturated rings. The van der Waals surface area contributed by atoms with Gasteiger partial charge < -0.3 is 20.5 Å². The number of ether oxygens (including phenoxy) is 1. The lowest BCUT2D eigenvalue weighted by atomic mass is 9.94. The number of hydrogen-bond donors (Lipinski definition) is 3. The van der Waals surface area contributed by atoms with Crippen molar-refractivity contribution >= 4 is 17.8 Å². The fourth-order valence-electron chi connectivity index (χ4n) is 3.49. The fourth-order valence-corrected chi connectivity index (χ4v) is 3.49. The topological polar surface area (TPSA) is 105 Å². The van der Waals surface area contributed by atoms with Crippen LogP contribution in [0.3, 0.4) is 0 Å². The van der Waals surface area contributed by atoms with Gasteiger partial charge in [0, 0.05) is 18.9 Å². The van der Waals surface area contributed by atoms with Crippen LogP contribution in [0.5, 0.6) is 0 Å². The van der Waals surface area contributed by atoms with Gasteiger partial charge in [-0.25, -0.2) is 0 Å². The van der Waals surface area contributed by atoms with Gasteiger partial charge in [-0.15, -0.1) is 13.2 Å². The molecule has 1 aliphatic rings. The molecule has 2 atom stereocenters. The van der Waals surface area contributed by atoms with E-state index in [-0.39, 0.29) is 43.5 Å². The molecule has 2 amide bonds. The summed E-state index contributed by atoms with van der Waals surface area (Å²) in [5.74, 6) is -1.35. The zero-order valence-corrected chi connectivity index (χ0v) is 17.6. The summed E-state index contributed by atoms with van der Waals surface area (Å²) in [6.07, 6.45) is 8.95. The van der Waals surface area contributed by atoms with Gasteiger partial charge in [-0.05, 0) is 39.0 Å². The Morgan fingerprint density at radius 3 is 2.48 bits per heavy atom. The number of unbranched alkanes of at least 4 members (excludes halogenated alkanes) is 1. The Labute approximate surface area is 174 Å². The van der Waals surface area contributed by atoms with Gasteiger partial charge in [0.15, 0.2) is 0 Å². The molecule has 29 heavy (non-hydrogen) atoms. The molecule has 0 aromatic heterocycles. The number of aliphatic hydroxyl groups excluding tert-OH is 1. The van der Waals surface area contributed by atoms with Gasteiger partial charge in [-0.1, -0.05) is 25.0 Å². The van der Waals surface area contributed by atoms with Crippen molar-refractivity contribution in [1.29, 1.82) is 0 Å². The van der Waals surface area contributed by atoms with E-state index in [0.717, 1.165) is 32.1 Å². The number of allylic oxidation sites excluding steroid dienone is 2. The van der Waals surface area contributed by atoms with Crippen LogP contribution in [0.1, 0.15) is 64.7 Å². The minimum Gasteiger partial charge on any atom is -0.463 e. The quantitative estimate of drug-likeness (QED) is 0.233. The van der Waals surface area contributed by atoms with Crippen LogP contribution in [0, 0.1) is 5.92 Å². The first kappa shape index (κ1) is 24.9. The number of carbonyl (C=O) groups is 3. The molecular weight excluding hydrogens is 372 g/mol. The van der Waals surface area contributed by atoms with Crippen LogP contribution >= 0.6 is 0 Å². The predicted molar refractivity (Wildman–Crippen MR) is 112 cm³/mol. The molecule has 0 aromatic rings. The second-order valence-electron chi connectivity index (χ2n) is 7.89. The number of carbonyl (C=O) groups excluding carboxylic acids is 3. The second-order valence-corrected chi connectivity index (χ2v) is 7.89. The van der Waals surface area contributed by atoms with E-state index in [0.29, 0.717) is 19.3 Å². The Hall–Kier alpha value is -2.15. The highest BCUT2D eigenvalue weighted by molar-refractivity contribution is 5.86. The van der Waals surface area contributed by atoms with Crippen molar-refractivity contribution in [3.8, 4) is 0 Å². The highest BCUT2D eigenvalue weighted by Gasteiger charge is 2.38. The molecule has 0 unspecified atom stereocenters. The standard InChI is InChI=1S/C22H36N2O5/c1-4-6-7-11-20(27)29-16-22(12-8-9-13-22)24-21(28)18(10-5-2)14-19(26)23-17(3)15-25/h4-5,17-18,25H,1-2,6-16H2,3H3,(H,23,26)(H,24,28)/t17-,18-/m1/s1. The maximum absolute atomic E-state index is 12.9. The van der Waals surface area contributed by atoms with Gasteiger partial charge in [0.1, 0.15) is 6.61 Å². The number of hydrogen-bond acceptors (Lipinski definition) is 5. The lowest BCUT2D eigenvalue weighted by Gasteiger charge is -2.31. The van der Waals surface area contributed by atoms with Crippen LogP contribution in [0.2, 0.25) is 0 Å². The van der Waals surface area contributed by atoms with Crippen molar-refractivity contribution in [2.24, 2.45) is 5.92 Å². The van der Waals surface area contributed by atoms with E-state index in [4.69, 9.17) is 9.84 Å². The summed E-state index contributed by atoms with van der Waals surface area (Å²) in [5, 5.41) is 14.8. The first-order valence-electron chi connectivity index (χ1n) is 10.5. The minimum atomic E-state index is -0.570. The van der Waals surface area contributed by atoms with Crippen molar-refractivity contribution in [3.05, 3.63) is 25.3 Å². The molecule has 1 aliphatic carbocycles. The molecule has 7 heteroatoms. The predicted octanol–water partition coefficient (Wildman–Crippen LogP) is 2.39. The first-order valence-corrected chi connectivity index (χ1v) is 10.5. The van der Waals surface area contributed by atoms with Crippen LogP contribution in [0.15, 0.2) is 25.3 Å². The largest absolute Gasteiger partial charge is 0.463 e. The van der Waals surface area contributed by atoms with Crippen molar-refractivity contribution in [2.45, 2.75) is 76.3 Å². The van der Waals surface area contributed by atoms with E-state index in [1.54, 1.807) is 19.1 Å². The van der Waals surface area contributed by atoms with Gasteiger partial charge in [0.25, 0.3) is 0 Å². The third-order valence-corrected chi connectivity index (χ3v) is 5.18. The van der Waals surface area contributed by atoms with Gasteiger partial charge in [-0.3, -0.25) is 14.4 Å². The molecule has 0 bridgehead atoms. The van der Waals surface area contributed by atoms with Gasteiger partial charge in [-0.2, -0.15) is 0 Å². The Balaban J connectivity index is 2.67. The molecule has 7 nitrogen and oxygen atoms in total. The zero-order valence-electron chi connectivity index (χ0n) is 17.6. The van der Waals surface area contributed by atoms with Crippen molar-refractivity contribution in [2.75, 3.05) is 13.2 Å². The van der Waals surface area contributed by atoms with Crippen LogP contribution < -0.4 is 10.6 Å². The highest BCUT2D eigenvalue weighted by Crippen LogP contribution is 2.31. The molecular formula is C22H36N2O5. The molecule has 0 heterocycles. The number of aliphatic hydroxyl groups is 1.